The van der Waals surface area contributed by atoms with Crippen molar-refractivity contribution >= 4 is 82.5 Å². The van der Waals surface area contributed by atoms with Crippen LogP contribution in [0.5, 0.6) is 0 Å². The van der Waals surface area contributed by atoms with Crippen LogP contribution >= 0.6 is 52.9 Å². The van der Waals surface area contributed by atoms with Gasteiger partial charge >= 0.3 is 48.8 Å². The lowest BCUT2D eigenvalue weighted by Crippen LogP contribution is -2.43. The van der Waals surface area contributed by atoms with Crippen molar-refractivity contribution in [3.63, 3.8) is 0 Å². The molecule has 9 atom stereocenters. The number of ether oxygens (including phenoxy) is 3. The molecule has 2 saturated heterocycles. The summed E-state index contributed by atoms with van der Waals surface area (Å²) >= 11 is 0. The van der Waals surface area contributed by atoms with Crippen molar-refractivity contribution in [1.29, 1.82) is 0 Å². The predicted molar refractivity (Wildman–Crippen MR) is 247 cm³/mol. The van der Waals surface area contributed by atoms with E-state index in [4.69, 9.17) is 33.8 Å². The van der Waals surface area contributed by atoms with Crippen molar-refractivity contribution in [1.82, 2.24) is 34.6 Å². The number of nitrogens with zero attached hydrogens (tertiary/aromatic N) is 4. The minimum Gasteiger partial charge on any atom is -0.448 e. The number of aliphatic hydroxyl groups is 2. The average Bonchev–Trinajstić information content (AvgIpc) is 3.82. The fourth-order valence-corrected chi connectivity index (χ4v) is 11.8. The molecule has 0 aliphatic carbocycles. The summed E-state index contributed by atoms with van der Waals surface area (Å²) in [4.78, 5) is 145. The highest BCUT2D eigenvalue weighted by Gasteiger charge is 2.43. The predicted octanol–water partition coefficient (Wildman–Crippen LogP) is -1.80. The van der Waals surface area contributed by atoms with Gasteiger partial charge in [0.1, 0.15) is 37.1 Å². The molecule has 0 bridgehead atoms. The smallest absolute Gasteiger partial charge is 0.448 e. The van der Waals surface area contributed by atoms with Crippen molar-refractivity contribution in [3.05, 3.63) is 55.8 Å². The quantitative estimate of drug-likeness (QED) is 0.0185. The minimum atomic E-state index is -5.79. The molecule has 0 radical (unpaired) electrons. The first kappa shape index (κ1) is 61.8. The molecule has 12 N–H and O–H groups in total. The molecule has 4 rings (SSSR count). The lowest BCUT2D eigenvalue weighted by Gasteiger charge is -2.19. The second-order valence-corrected chi connectivity index (χ2v) is 23.5. The fraction of sp³-hybridized carbons (Fsp3) is 0.636. The molecule has 0 aromatic carbocycles. The van der Waals surface area contributed by atoms with E-state index >= 15 is 0 Å². The van der Waals surface area contributed by atoms with Gasteiger partial charge in [0, 0.05) is 70.0 Å². The third-order valence-corrected chi connectivity index (χ3v) is 16.4. The highest BCUT2D eigenvalue weighted by Crippen LogP contribution is 2.66. The Hall–Kier alpha value is -3.70. The number of carbonyl (C=O) groups is 4. The van der Waals surface area contributed by atoms with Crippen LogP contribution in [0, 0.1) is 0 Å². The SMILES string of the molecule is CC(=O)NC(SSCCOC(=O)Nc1ccn(C2CC(O)C(COP(=O)(O)OP(=O)(O)OP(=O)(O)O)O2)c(=O)n1)C(=O)NCCCCCC(=O)NCCn1c(=O)ccn(C2CC(O)C(COP(=O)(O)O)O2)c1=O. The van der Waals surface area contributed by atoms with E-state index in [1.165, 1.54) is 6.92 Å². The molecule has 2 aromatic heterocycles. The molecule has 9 unspecified atom stereocenters. The van der Waals surface area contributed by atoms with Crippen LogP contribution in [0.4, 0.5) is 10.6 Å². The van der Waals surface area contributed by atoms with E-state index in [0.29, 0.717) is 19.3 Å². The van der Waals surface area contributed by atoms with Crippen molar-refractivity contribution in [2.45, 2.75) is 94.2 Å². The van der Waals surface area contributed by atoms with Crippen LogP contribution in [0.1, 0.15) is 57.9 Å². The number of phosphoric acid groups is 4. The molecule has 0 spiro atoms. The van der Waals surface area contributed by atoms with Gasteiger partial charge in [-0.25, -0.2) is 32.6 Å². The van der Waals surface area contributed by atoms with Gasteiger partial charge in [-0.1, -0.05) is 28.0 Å². The van der Waals surface area contributed by atoms with E-state index in [0.717, 1.165) is 59.8 Å². The Morgan fingerprint density at radius 2 is 1.44 bits per heavy atom. The first-order valence-electron chi connectivity index (χ1n) is 21.1. The van der Waals surface area contributed by atoms with Gasteiger partial charge in [0.05, 0.1) is 25.4 Å². The summed E-state index contributed by atoms with van der Waals surface area (Å²) in [7, 11) is -19.7. The normalized spacial score (nSPS) is 22.2. The Labute approximate surface area is 418 Å². The second-order valence-electron chi connectivity index (χ2n) is 15.2. The van der Waals surface area contributed by atoms with E-state index in [2.05, 4.69) is 43.9 Å². The van der Waals surface area contributed by atoms with Gasteiger partial charge in [0.2, 0.25) is 11.8 Å². The number of hydrogen-bond acceptors (Lipinski definition) is 23. The third kappa shape index (κ3) is 21.8. The molecule has 40 heteroatoms. The summed E-state index contributed by atoms with van der Waals surface area (Å²) < 4.78 is 80.2. The Morgan fingerprint density at radius 1 is 0.808 bits per heavy atom. The zero-order valence-corrected chi connectivity index (χ0v) is 43.1. The van der Waals surface area contributed by atoms with Crippen LogP contribution in [0.15, 0.2) is 38.9 Å². The van der Waals surface area contributed by atoms with Gasteiger partial charge in [0.15, 0.2) is 5.37 Å². The number of phosphoric ester groups is 2. The summed E-state index contributed by atoms with van der Waals surface area (Å²) in [5, 5.41) is 29.5. The molecule has 34 nitrogen and oxygen atoms in total. The molecule has 412 valence electrons. The number of rotatable bonds is 29. The second kappa shape index (κ2) is 27.9. The average molecular weight is 1160 g/mol. The number of aliphatic hydroxyl groups excluding tert-OH is 2. The van der Waals surface area contributed by atoms with E-state index in [1.807, 2.05) is 0 Å². The number of unbranched alkanes of at least 4 members (excludes halogenated alkanes) is 2. The van der Waals surface area contributed by atoms with Crippen LogP contribution in [0.25, 0.3) is 0 Å². The van der Waals surface area contributed by atoms with Crippen LogP contribution < -0.4 is 38.2 Å². The number of nitrogens with one attached hydrogen (secondary N) is 4. The van der Waals surface area contributed by atoms with Crippen molar-refractivity contribution in [2.75, 3.05) is 44.0 Å². The number of amides is 4. The van der Waals surface area contributed by atoms with Gasteiger partial charge < -0.3 is 69.7 Å². The minimum absolute atomic E-state index is 0.0825. The first-order chi connectivity index (χ1) is 34.0. The van der Waals surface area contributed by atoms with Crippen LogP contribution in [-0.2, 0) is 71.1 Å². The molecular weight excluding hydrogens is 1110 g/mol. The van der Waals surface area contributed by atoms with Gasteiger partial charge in [0.25, 0.3) is 11.5 Å². The molecule has 2 aliphatic heterocycles. The first-order valence-corrected chi connectivity index (χ1v) is 29.5. The van der Waals surface area contributed by atoms with Crippen molar-refractivity contribution < 1.29 is 109 Å². The zero-order valence-electron chi connectivity index (χ0n) is 37.9. The van der Waals surface area contributed by atoms with Crippen molar-refractivity contribution in [2.24, 2.45) is 0 Å². The molecule has 4 amide bonds. The van der Waals surface area contributed by atoms with Crippen LogP contribution in [-0.4, -0.2) is 151 Å². The molecule has 2 aromatic rings. The summed E-state index contributed by atoms with van der Waals surface area (Å²) in [6.07, 6.45) is -5.23. The molecule has 2 aliphatic rings. The third-order valence-electron chi connectivity index (χ3n) is 9.58. The van der Waals surface area contributed by atoms with Gasteiger partial charge in [-0.2, -0.15) is 13.6 Å². The maximum absolute atomic E-state index is 13.0. The van der Waals surface area contributed by atoms with Crippen molar-refractivity contribution in [3.8, 4) is 0 Å². The fourth-order valence-electron chi connectivity index (χ4n) is 6.40. The zero-order chi connectivity index (χ0) is 54.3. The molecule has 73 heavy (non-hydrogen) atoms. The number of aromatic nitrogens is 4. The summed E-state index contributed by atoms with van der Waals surface area (Å²) in [5.74, 6) is -1.53. The lowest BCUT2D eigenvalue weighted by atomic mass is 10.2. The van der Waals surface area contributed by atoms with Gasteiger partial charge in [-0.3, -0.25) is 47.2 Å². The van der Waals surface area contributed by atoms with Gasteiger partial charge in [-0.05, 0) is 18.9 Å². The molecular formula is C33H52N8O26P4S2. The van der Waals surface area contributed by atoms with Gasteiger partial charge in [-0.15, -0.1) is 0 Å². The maximum atomic E-state index is 13.0. The topological polar surface area (TPSA) is 490 Å². The Bertz CT molecular complexity index is 2630. The highest BCUT2D eigenvalue weighted by atomic mass is 33.1. The standard InChI is InChI=1S/C33H52N8O26P4S2/c1-19(42)36-30(29(47)35-8-4-2-3-5-25(45)34-9-12-39-26(46)7-11-41(33(39)50)28-16-21(44)22(65-28)17-62-68(51,52)53)73-72-14-13-61-32(49)38-24-6-10-40(31(48)37-24)27-15-20(43)23(64-27)18-63-70(57,58)67-71(59,60)66-69(54,55)56/h6-7,10-11,20-23,27-28,30,43-44H,2-5,8-9,12-18H2,1H3,(H,34,45)(H,35,47)(H,36,42)(H,57,58)(H,59,60)(H2,51,52,53)(H2,54,55,56)(H,37,38,48,49). The maximum Gasteiger partial charge on any atom is 0.490 e. The Kier molecular flexibility index (Phi) is 23.6. The van der Waals surface area contributed by atoms with E-state index in [1.54, 1.807) is 0 Å². The molecule has 4 heterocycles. The summed E-state index contributed by atoms with van der Waals surface area (Å²) in [6.45, 7) is -0.697. The molecule has 2 fully saturated rings. The van der Waals surface area contributed by atoms with Crippen LogP contribution in [0.3, 0.4) is 0 Å². The Morgan fingerprint density at radius 3 is 2.05 bits per heavy atom. The van der Waals surface area contributed by atoms with E-state index < -0.39 is 122 Å². The largest absolute Gasteiger partial charge is 0.490 e. The monoisotopic (exact) mass is 1160 g/mol. The summed E-state index contributed by atoms with van der Waals surface area (Å²) in [6, 6.07) is 2.25. The highest BCUT2D eigenvalue weighted by molar-refractivity contribution is 8.77. The number of anilines is 1. The number of hydrogen-bond donors (Lipinski definition) is 12. The van der Waals surface area contributed by atoms with E-state index in [-0.39, 0.29) is 63.0 Å². The molecule has 0 saturated carbocycles. The van der Waals surface area contributed by atoms with Crippen LogP contribution in [0.2, 0.25) is 0 Å². The van der Waals surface area contributed by atoms with E-state index in [9.17, 15) is 71.8 Å². The number of carbonyl (C=O) groups excluding carboxylic acids is 4. The summed E-state index contributed by atoms with van der Waals surface area (Å²) in [5.41, 5.74) is -2.46. The lowest BCUT2D eigenvalue weighted by molar-refractivity contribution is -0.125. The Balaban J connectivity index is 1.09.